The highest BCUT2D eigenvalue weighted by atomic mass is 19.1. The topological polar surface area (TPSA) is 54.9 Å². The van der Waals surface area contributed by atoms with Crippen LogP contribution in [-0.2, 0) is 11.2 Å². The minimum atomic E-state index is -0.276. The predicted octanol–water partition coefficient (Wildman–Crippen LogP) is 5.14. The number of aryl methyl sites for hydroxylation is 1. The lowest BCUT2D eigenvalue weighted by Gasteiger charge is -2.21. The third kappa shape index (κ3) is 4.87. The van der Waals surface area contributed by atoms with Crippen molar-refractivity contribution in [2.45, 2.75) is 58.3 Å². The Hall–Kier alpha value is -2.30. The minimum Gasteiger partial charge on any atom is -0.309 e. The Kier molecular flexibility index (Phi) is 6.31. The van der Waals surface area contributed by atoms with Gasteiger partial charge in [0.25, 0.3) is 0 Å². The monoisotopic (exact) mass is 355 g/mol. The maximum Gasteiger partial charge on any atom is 0.225 e. The van der Waals surface area contributed by atoms with Crippen molar-refractivity contribution in [3.8, 4) is 11.3 Å². The Morgan fingerprint density at radius 3 is 2.62 bits per heavy atom. The van der Waals surface area contributed by atoms with Crippen molar-refractivity contribution in [3.05, 3.63) is 42.0 Å². The van der Waals surface area contributed by atoms with Gasteiger partial charge in [0.15, 0.2) is 5.82 Å². The van der Waals surface area contributed by atoms with Crippen LogP contribution in [0.15, 0.2) is 30.5 Å². The van der Waals surface area contributed by atoms with E-state index >= 15 is 0 Å². The first-order chi connectivity index (χ1) is 12.7. The molecule has 0 unspecified atom stereocenters. The highest BCUT2D eigenvalue weighted by Crippen LogP contribution is 2.27. The molecule has 5 heteroatoms. The van der Waals surface area contributed by atoms with E-state index in [9.17, 15) is 9.18 Å². The first kappa shape index (κ1) is 18.5. The molecule has 0 radical (unpaired) electrons. The Morgan fingerprint density at radius 2 is 1.92 bits per heavy atom. The molecule has 1 aliphatic rings. The lowest BCUT2D eigenvalue weighted by atomic mass is 9.87. The van der Waals surface area contributed by atoms with Gasteiger partial charge in [-0.3, -0.25) is 4.79 Å². The maximum absolute atomic E-state index is 13.1. The van der Waals surface area contributed by atoms with E-state index < -0.39 is 0 Å². The van der Waals surface area contributed by atoms with Gasteiger partial charge in [0.05, 0.1) is 17.6 Å². The fourth-order valence-electron chi connectivity index (χ4n) is 3.54. The average molecular weight is 355 g/mol. The highest BCUT2D eigenvalue weighted by molar-refractivity contribution is 5.90. The van der Waals surface area contributed by atoms with Gasteiger partial charge in [-0.05, 0) is 49.4 Å². The van der Waals surface area contributed by atoms with Crippen LogP contribution in [0.2, 0.25) is 0 Å². The Morgan fingerprint density at radius 1 is 1.19 bits per heavy atom. The number of anilines is 1. The summed E-state index contributed by atoms with van der Waals surface area (Å²) in [7, 11) is 0. The average Bonchev–Trinajstić information content (AvgIpc) is 2.65. The van der Waals surface area contributed by atoms with Crippen molar-refractivity contribution in [3.63, 3.8) is 0 Å². The zero-order valence-electron chi connectivity index (χ0n) is 15.3. The molecule has 0 spiro atoms. The van der Waals surface area contributed by atoms with Crippen LogP contribution in [0.4, 0.5) is 10.2 Å². The normalized spacial score (nSPS) is 15.0. The molecular formula is C21H26FN3O. The molecule has 1 fully saturated rings. The second kappa shape index (κ2) is 8.88. The lowest BCUT2D eigenvalue weighted by molar-refractivity contribution is -0.117. The Bertz CT molecular complexity index is 739. The van der Waals surface area contributed by atoms with Crippen molar-refractivity contribution < 1.29 is 9.18 Å². The molecule has 1 amide bonds. The summed E-state index contributed by atoms with van der Waals surface area (Å²) in [6.07, 6.45) is 9.88. The standard InChI is InChI=1S/C21H26FN3O/c1-2-6-18-21(25-20(26)13-15-7-4-3-5-8-15)23-14-19(24-18)16-9-11-17(22)12-10-16/h9-12,14-15H,2-8,13H2,1H3,(H,23,25,26). The first-order valence-electron chi connectivity index (χ1n) is 9.57. The van der Waals surface area contributed by atoms with Crippen LogP contribution in [0.25, 0.3) is 11.3 Å². The lowest BCUT2D eigenvalue weighted by Crippen LogP contribution is -2.20. The first-order valence-corrected chi connectivity index (χ1v) is 9.57. The van der Waals surface area contributed by atoms with Gasteiger partial charge in [0.2, 0.25) is 5.91 Å². The smallest absolute Gasteiger partial charge is 0.225 e. The van der Waals surface area contributed by atoms with Gasteiger partial charge >= 0.3 is 0 Å². The van der Waals surface area contributed by atoms with Gasteiger partial charge in [-0.15, -0.1) is 0 Å². The fourth-order valence-corrected chi connectivity index (χ4v) is 3.54. The summed E-state index contributed by atoms with van der Waals surface area (Å²) in [6.45, 7) is 2.07. The number of hydrogen-bond donors (Lipinski definition) is 1. The van der Waals surface area contributed by atoms with Crippen LogP contribution in [0, 0.1) is 11.7 Å². The second-order valence-electron chi connectivity index (χ2n) is 7.06. The van der Waals surface area contributed by atoms with Gasteiger partial charge in [0, 0.05) is 12.0 Å². The van der Waals surface area contributed by atoms with E-state index in [2.05, 4.69) is 22.2 Å². The molecule has 3 rings (SSSR count). The van der Waals surface area contributed by atoms with Crippen LogP contribution in [0.5, 0.6) is 0 Å². The number of carbonyl (C=O) groups is 1. The summed E-state index contributed by atoms with van der Waals surface area (Å²) < 4.78 is 13.1. The van der Waals surface area contributed by atoms with E-state index in [0.29, 0.717) is 23.9 Å². The predicted molar refractivity (Wildman–Crippen MR) is 101 cm³/mol. The molecule has 0 saturated heterocycles. The zero-order valence-corrected chi connectivity index (χ0v) is 15.3. The van der Waals surface area contributed by atoms with Crippen molar-refractivity contribution in [1.29, 1.82) is 0 Å². The van der Waals surface area contributed by atoms with E-state index in [0.717, 1.165) is 36.9 Å². The second-order valence-corrected chi connectivity index (χ2v) is 7.06. The summed E-state index contributed by atoms with van der Waals surface area (Å²) >= 11 is 0. The van der Waals surface area contributed by atoms with Crippen LogP contribution >= 0.6 is 0 Å². The number of halogens is 1. The molecule has 2 aromatic rings. The molecule has 4 nitrogen and oxygen atoms in total. The van der Waals surface area contributed by atoms with E-state index in [1.807, 2.05) is 0 Å². The molecule has 0 bridgehead atoms. The van der Waals surface area contributed by atoms with Gasteiger partial charge < -0.3 is 5.32 Å². The Labute approximate surface area is 154 Å². The SMILES string of the molecule is CCCc1nc(-c2ccc(F)cc2)cnc1NC(=O)CC1CCCCC1. The summed E-state index contributed by atoms with van der Waals surface area (Å²) in [4.78, 5) is 21.5. The number of nitrogens with one attached hydrogen (secondary N) is 1. The van der Waals surface area contributed by atoms with E-state index in [1.54, 1.807) is 18.3 Å². The number of benzene rings is 1. The largest absolute Gasteiger partial charge is 0.309 e. The Balaban J connectivity index is 1.73. The molecule has 138 valence electrons. The molecule has 1 aliphatic carbocycles. The molecule has 1 saturated carbocycles. The molecule has 1 aromatic carbocycles. The van der Waals surface area contributed by atoms with Crippen LogP contribution in [-0.4, -0.2) is 15.9 Å². The van der Waals surface area contributed by atoms with Gasteiger partial charge in [-0.25, -0.2) is 14.4 Å². The molecule has 0 atom stereocenters. The van der Waals surface area contributed by atoms with Crippen LogP contribution in [0.1, 0.15) is 57.6 Å². The highest BCUT2D eigenvalue weighted by Gasteiger charge is 2.18. The minimum absolute atomic E-state index is 0.0260. The van der Waals surface area contributed by atoms with Crippen molar-refractivity contribution in [2.24, 2.45) is 5.92 Å². The number of carbonyl (C=O) groups excluding carboxylic acids is 1. The van der Waals surface area contributed by atoms with E-state index in [4.69, 9.17) is 0 Å². The van der Waals surface area contributed by atoms with Gasteiger partial charge in [-0.1, -0.05) is 32.6 Å². The van der Waals surface area contributed by atoms with E-state index in [1.165, 1.54) is 31.4 Å². The number of rotatable bonds is 6. The quantitative estimate of drug-likeness (QED) is 0.780. The molecule has 0 aliphatic heterocycles. The summed E-state index contributed by atoms with van der Waals surface area (Å²) in [6, 6.07) is 6.21. The van der Waals surface area contributed by atoms with Gasteiger partial charge in [0.1, 0.15) is 5.82 Å². The molecular weight excluding hydrogens is 329 g/mol. The summed E-state index contributed by atoms with van der Waals surface area (Å²) in [5.41, 5.74) is 2.29. The van der Waals surface area contributed by atoms with Crippen molar-refractivity contribution >= 4 is 11.7 Å². The summed E-state index contributed by atoms with van der Waals surface area (Å²) in [5.74, 6) is 0.795. The summed E-state index contributed by atoms with van der Waals surface area (Å²) in [5, 5.41) is 2.96. The third-order valence-corrected chi connectivity index (χ3v) is 4.93. The number of amides is 1. The van der Waals surface area contributed by atoms with Crippen LogP contribution in [0.3, 0.4) is 0 Å². The van der Waals surface area contributed by atoms with E-state index in [-0.39, 0.29) is 11.7 Å². The third-order valence-electron chi connectivity index (χ3n) is 4.93. The maximum atomic E-state index is 13.1. The van der Waals surface area contributed by atoms with Gasteiger partial charge in [-0.2, -0.15) is 0 Å². The molecule has 1 aromatic heterocycles. The van der Waals surface area contributed by atoms with Crippen molar-refractivity contribution in [2.75, 3.05) is 5.32 Å². The fraction of sp³-hybridized carbons (Fsp3) is 0.476. The number of aromatic nitrogens is 2. The number of nitrogens with zero attached hydrogens (tertiary/aromatic N) is 2. The zero-order chi connectivity index (χ0) is 18.4. The molecule has 26 heavy (non-hydrogen) atoms. The molecule has 1 N–H and O–H groups in total. The van der Waals surface area contributed by atoms with Crippen molar-refractivity contribution in [1.82, 2.24) is 9.97 Å². The molecule has 1 heterocycles. The number of hydrogen-bond acceptors (Lipinski definition) is 3. The van der Waals surface area contributed by atoms with Crippen LogP contribution < -0.4 is 5.32 Å².